The van der Waals surface area contributed by atoms with Gasteiger partial charge in [-0.15, -0.1) is 0 Å². The molecule has 2 heterocycles. The fourth-order valence-electron chi connectivity index (χ4n) is 10.9. The van der Waals surface area contributed by atoms with Crippen molar-refractivity contribution < 1.29 is 63.6 Å². The molecule has 26 heteroatoms. The van der Waals surface area contributed by atoms with Gasteiger partial charge >= 0.3 is 23.9 Å². The molecule has 2 aliphatic rings. The fraction of sp³-hybridized carbons (Fsp3) is 0.741. The van der Waals surface area contributed by atoms with Gasteiger partial charge in [0.2, 0.25) is 29.5 Å². The van der Waals surface area contributed by atoms with E-state index in [0.29, 0.717) is 71.0 Å². The van der Waals surface area contributed by atoms with Crippen molar-refractivity contribution in [3.05, 3.63) is 35.9 Å². The maximum Gasteiger partial charge on any atom is 0.320 e. The number of carbonyl (C=O) groups is 9. The molecule has 2 aliphatic heterocycles. The maximum atomic E-state index is 14.8. The van der Waals surface area contributed by atoms with Gasteiger partial charge in [-0.25, -0.2) is 0 Å². The lowest BCUT2D eigenvalue weighted by atomic mass is 9.96. The van der Waals surface area contributed by atoms with Crippen molar-refractivity contribution in [2.24, 2.45) is 29.0 Å². The number of unbranched alkanes of at least 4 members (excludes halogenated alkanes) is 2. The normalized spacial score (nSPS) is 19.1. The molecule has 476 valence electrons. The molecule has 3 rings (SSSR count). The number of carboxylic acid groups (broad SMARTS) is 4. The highest BCUT2D eigenvalue weighted by Crippen LogP contribution is 2.24. The molecule has 2 fully saturated rings. The van der Waals surface area contributed by atoms with Crippen molar-refractivity contribution >= 4 is 53.4 Å². The number of carbonyl (C=O) groups excluding carboxylic acids is 5. The van der Waals surface area contributed by atoms with E-state index in [2.05, 4.69) is 26.6 Å². The zero-order chi connectivity index (χ0) is 62.3. The Balaban J connectivity index is 1.82. The van der Waals surface area contributed by atoms with Crippen LogP contribution >= 0.6 is 0 Å². The van der Waals surface area contributed by atoms with E-state index in [1.165, 1.54) is 0 Å². The number of rotatable bonds is 37. The number of nitrogens with one attached hydrogen (secondary N) is 5. The van der Waals surface area contributed by atoms with Crippen LogP contribution in [-0.4, -0.2) is 245 Å². The lowest BCUT2D eigenvalue weighted by Gasteiger charge is -2.35. The summed E-state index contributed by atoms with van der Waals surface area (Å²) in [7, 11) is 0. The standard InChI is InChI=1S/C58H101N13O13/c1-6-40(4)52(66-53(78)43(61)34-39(2)3)56(81)64-44(18-10-12-22-59)55(80)65-45(19-11-13-23-60)57(82)71-25-15-21-47(71)41(5)63-46(35-42-16-8-7-9-17-42)54(79)62-24-14-20-48(58(83)84)70-32-30-68(37-50(74)75)28-26-67(36-49(72)73)27-29-69(31-33-70)38-51(76)77/h7-9,16-17,39-41,43-48,52,63H,6,10-15,18-38,59-61H2,1-5H3,(H,62,79)(H,64,81)(H,65,80)(H,66,78)(H,72,73)(H,74,75)(H,76,77)(H,83,84)/t40-,41?,43-,44-,45-,46?,47-,48?,52-/m0/s1. The van der Waals surface area contributed by atoms with Crippen LogP contribution in [0.5, 0.6) is 0 Å². The Morgan fingerprint density at radius 3 is 1.63 bits per heavy atom. The Kier molecular flexibility index (Phi) is 33.6. The third kappa shape index (κ3) is 26.6. The summed E-state index contributed by atoms with van der Waals surface area (Å²) in [6, 6.07) is 2.86. The van der Waals surface area contributed by atoms with E-state index in [1.807, 2.05) is 65.0 Å². The SMILES string of the molecule is CC[C@H](C)[C@H](NC(=O)[C@@H](N)CC(C)C)C(=O)N[C@@H](CCCCN)C(=O)N[C@@H](CCCCN)C(=O)N1CCC[C@H]1C(C)NC(Cc1ccccc1)C(=O)NCCCC(C(=O)O)N1CCN(CC(=O)O)CCN(CC(=O)O)CCN(CC(=O)O)CC1. The summed E-state index contributed by atoms with van der Waals surface area (Å²) in [5.41, 5.74) is 18.8. The van der Waals surface area contributed by atoms with Crippen molar-refractivity contribution in [2.45, 2.75) is 166 Å². The molecule has 0 saturated carbocycles. The second-order valence-corrected chi connectivity index (χ2v) is 23.1. The summed E-state index contributed by atoms with van der Waals surface area (Å²) in [4.78, 5) is 127. The molecule has 26 nitrogen and oxygen atoms in total. The predicted octanol–water partition coefficient (Wildman–Crippen LogP) is -0.476. The van der Waals surface area contributed by atoms with Crippen molar-refractivity contribution in [1.82, 2.24) is 51.1 Å². The van der Waals surface area contributed by atoms with Gasteiger partial charge in [0.05, 0.1) is 31.7 Å². The van der Waals surface area contributed by atoms with Crippen LogP contribution in [-0.2, 0) is 49.6 Å². The third-order valence-corrected chi connectivity index (χ3v) is 15.8. The van der Waals surface area contributed by atoms with Gasteiger partial charge in [0.1, 0.15) is 24.2 Å². The molecule has 9 atom stereocenters. The number of amides is 5. The molecule has 1 aromatic rings. The van der Waals surface area contributed by atoms with Crippen LogP contribution in [0.3, 0.4) is 0 Å². The molecule has 0 spiro atoms. The van der Waals surface area contributed by atoms with Crippen LogP contribution in [0.2, 0.25) is 0 Å². The highest BCUT2D eigenvalue weighted by molar-refractivity contribution is 5.95. The van der Waals surface area contributed by atoms with Crippen LogP contribution in [0.1, 0.15) is 117 Å². The van der Waals surface area contributed by atoms with Gasteiger partial charge < -0.3 is 69.1 Å². The number of aliphatic carboxylic acids is 4. The molecule has 84 heavy (non-hydrogen) atoms. The monoisotopic (exact) mass is 1190 g/mol. The van der Waals surface area contributed by atoms with E-state index >= 15 is 0 Å². The van der Waals surface area contributed by atoms with Gasteiger partial charge in [0, 0.05) is 77.5 Å². The van der Waals surface area contributed by atoms with E-state index in [-0.39, 0.29) is 134 Å². The van der Waals surface area contributed by atoms with Crippen LogP contribution in [0.15, 0.2) is 30.3 Å². The molecule has 15 N–H and O–H groups in total. The summed E-state index contributed by atoms with van der Waals surface area (Å²) in [5, 5.41) is 54.7. The average Bonchev–Trinajstić information content (AvgIpc) is 4.10. The summed E-state index contributed by atoms with van der Waals surface area (Å²) in [6.07, 6.45) is 5.54. The second-order valence-electron chi connectivity index (χ2n) is 23.1. The van der Waals surface area contributed by atoms with Crippen LogP contribution in [0, 0.1) is 11.8 Å². The Hall–Kier alpha value is -5.87. The zero-order valence-electron chi connectivity index (χ0n) is 50.4. The van der Waals surface area contributed by atoms with Gasteiger partial charge in [0.15, 0.2) is 0 Å². The number of nitrogens with zero attached hydrogens (tertiary/aromatic N) is 5. The van der Waals surface area contributed by atoms with Crippen molar-refractivity contribution in [3.63, 3.8) is 0 Å². The molecule has 0 radical (unpaired) electrons. The van der Waals surface area contributed by atoms with Crippen molar-refractivity contribution in [2.75, 3.05) is 98.2 Å². The average molecular weight is 1190 g/mol. The largest absolute Gasteiger partial charge is 0.480 e. The zero-order valence-corrected chi connectivity index (χ0v) is 50.4. The maximum absolute atomic E-state index is 14.8. The van der Waals surface area contributed by atoms with Gasteiger partial charge in [-0.2, -0.15) is 0 Å². The quantitative estimate of drug-likeness (QED) is 0.0375. The summed E-state index contributed by atoms with van der Waals surface area (Å²) in [6.45, 7) is 11.0. The van der Waals surface area contributed by atoms with E-state index in [1.54, 1.807) is 24.5 Å². The third-order valence-electron chi connectivity index (χ3n) is 15.8. The molecular formula is C58H101N13O13. The molecular weight excluding hydrogens is 1090 g/mol. The molecule has 3 unspecified atom stereocenters. The number of hydrogen-bond acceptors (Lipinski definition) is 17. The minimum Gasteiger partial charge on any atom is -0.480 e. The highest BCUT2D eigenvalue weighted by Gasteiger charge is 2.39. The first-order chi connectivity index (χ1) is 40.0. The number of likely N-dealkylation sites (tertiary alicyclic amines) is 1. The first-order valence-electron chi connectivity index (χ1n) is 30.2. The minimum absolute atomic E-state index is 0.0839. The number of carboxylic acids is 4. The second kappa shape index (κ2) is 39.0. The number of hydrogen-bond donors (Lipinski definition) is 12. The van der Waals surface area contributed by atoms with E-state index < -0.39 is 89.9 Å². The van der Waals surface area contributed by atoms with Gasteiger partial charge in [0.25, 0.3) is 0 Å². The smallest absolute Gasteiger partial charge is 0.320 e. The highest BCUT2D eigenvalue weighted by atomic mass is 16.4. The Bertz CT molecular complexity index is 2180. The van der Waals surface area contributed by atoms with Gasteiger partial charge in [-0.1, -0.05) is 64.4 Å². The Morgan fingerprint density at radius 1 is 0.607 bits per heavy atom. The molecule has 0 bridgehead atoms. The first-order valence-corrected chi connectivity index (χ1v) is 30.2. The van der Waals surface area contributed by atoms with Gasteiger partial charge in [-0.05, 0) is 114 Å². The molecule has 1 aromatic carbocycles. The topological polar surface area (TPSA) is 389 Å². The van der Waals surface area contributed by atoms with Crippen LogP contribution < -0.4 is 43.8 Å². The summed E-state index contributed by atoms with van der Waals surface area (Å²) < 4.78 is 0. The lowest BCUT2D eigenvalue weighted by molar-refractivity contribution is -0.145. The number of benzene rings is 1. The fourth-order valence-corrected chi connectivity index (χ4v) is 10.9. The minimum atomic E-state index is -1.14. The molecule has 5 amide bonds. The lowest BCUT2D eigenvalue weighted by Crippen LogP contribution is -2.60. The van der Waals surface area contributed by atoms with E-state index in [0.717, 1.165) is 5.56 Å². The number of nitrogens with two attached hydrogens (primary N) is 3. The first kappa shape index (κ1) is 72.4. The van der Waals surface area contributed by atoms with Crippen LogP contribution in [0.25, 0.3) is 0 Å². The molecule has 2 saturated heterocycles. The molecule has 0 aromatic heterocycles. The Labute approximate surface area is 496 Å². The van der Waals surface area contributed by atoms with E-state index in [4.69, 9.17) is 17.2 Å². The van der Waals surface area contributed by atoms with Crippen LogP contribution in [0.4, 0.5) is 0 Å². The van der Waals surface area contributed by atoms with Crippen molar-refractivity contribution in [1.29, 1.82) is 0 Å². The molecule has 0 aliphatic carbocycles. The predicted molar refractivity (Wildman–Crippen MR) is 317 cm³/mol. The summed E-state index contributed by atoms with van der Waals surface area (Å²) in [5.74, 6) is -6.80. The Morgan fingerprint density at radius 2 is 1.13 bits per heavy atom. The van der Waals surface area contributed by atoms with Gasteiger partial charge in [-0.3, -0.25) is 62.8 Å². The van der Waals surface area contributed by atoms with Crippen molar-refractivity contribution in [3.8, 4) is 0 Å². The van der Waals surface area contributed by atoms with E-state index in [9.17, 15) is 63.6 Å². The summed E-state index contributed by atoms with van der Waals surface area (Å²) >= 11 is 0.